The van der Waals surface area contributed by atoms with Gasteiger partial charge >= 0.3 is 0 Å². The number of aromatic hydroxyl groups is 1. The van der Waals surface area contributed by atoms with Crippen LogP contribution < -0.4 is 5.32 Å². The van der Waals surface area contributed by atoms with Gasteiger partial charge in [-0.1, -0.05) is 93.1 Å². The smallest absolute Gasteiger partial charge is 0.251 e. The highest BCUT2D eigenvalue weighted by Gasteiger charge is 2.38. The number of rotatable bonds is 0. The fourth-order valence-electron chi connectivity index (χ4n) is 5.38. The topological polar surface area (TPSA) is 158 Å². The number of fused-ring (bicyclic) bond motifs is 17. The van der Waals surface area contributed by atoms with Gasteiger partial charge in [0.2, 0.25) is 11.6 Å². The Morgan fingerprint density at radius 2 is 1.44 bits per heavy atom. The van der Waals surface area contributed by atoms with Crippen LogP contribution in [0, 0.1) is 24.7 Å². The van der Waals surface area contributed by atoms with Crippen molar-refractivity contribution in [1.82, 2.24) is 5.32 Å². The normalized spacial score (nSPS) is 30.8. The number of hydrogen-bond donors (Lipinski definition) is 4. The maximum Gasteiger partial charge on any atom is 0.251 e. The summed E-state index contributed by atoms with van der Waals surface area (Å²) in [4.78, 5) is 66.6. The number of aliphatic hydroxyl groups excluding tert-OH is 2. The molecule has 5 atom stereocenters. The number of allylic oxidation sites excluding steroid dienone is 11. The minimum atomic E-state index is -0.989. The number of nitrogens with one attached hydrogen (secondary N) is 1. The van der Waals surface area contributed by atoms with Gasteiger partial charge in [0.1, 0.15) is 16.5 Å². The van der Waals surface area contributed by atoms with Crippen LogP contribution in [0.5, 0.6) is 5.75 Å². The van der Waals surface area contributed by atoms with E-state index in [1.807, 2.05) is 13.0 Å². The van der Waals surface area contributed by atoms with E-state index in [1.54, 1.807) is 57.2 Å². The lowest BCUT2D eigenvalue weighted by Crippen LogP contribution is -2.34. The summed E-state index contributed by atoms with van der Waals surface area (Å²) in [7, 11) is 0. The van der Waals surface area contributed by atoms with Gasteiger partial charge < -0.3 is 20.6 Å². The molecule has 4 N–H and O–H groups in total. The van der Waals surface area contributed by atoms with Gasteiger partial charge in [-0.2, -0.15) is 0 Å². The Bertz CT molecular complexity index is 1830. The quantitative estimate of drug-likeness (QED) is 0.223. The average molecular weight is 702 g/mol. The summed E-state index contributed by atoms with van der Waals surface area (Å²) in [6, 6.07) is 1.27. The molecule has 264 valence electrons. The second kappa shape index (κ2) is 17.3. The van der Waals surface area contributed by atoms with E-state index in [9.17, 15) is 39.3 Å². The number of carbonyl (C=O) groups is 5. The fraction of sp³-hybridized carbons (Fsp3) is 0.325. The Balaban J connectivity index is 2.09. The second-order valence-corrected chi connectivity index (χ2v) is 13.2. The van der Waals surface area contributed by atoms with Crippen molar-refractivity contribution < 1.29 is 39.3 Å². The molecule has 9 nitrogen and oxygen atoms in total. The van der Waals surface area contributed by atoms with Crippen LogP contribution >= 0.6 is 11.6 Å². The molecular formula is C40H44ClNO8. The Hall–Kier alpha value is -4.70. The summed E-state index contributed by atoms with van der Waals surface area (Å²) in [5.41, 5.74) is -0.508. The monoisotopic (exact) mass is 701 g/mol. The first kappa shape index (κ1) is 39.7. The number of aryl methyl sites for hydroxylation is 1. The lowest BCUT2D eigenvalue weighted by Gasteiger charge is -2.23. The molecule has 1 aliphatic carbocycles. The van der Waals surface area contributed by atoms with Crippen molar-refractivity contribution in [3.63, 3.8) is 0 Å². The van der Waals surface area contributed by atoms with E-state index in [4.69, 9.17) is 11.6 Å². The molecule has 1 aromatic carbocycles. The van der Waals surface area contributed by atoms with Crippen LogP contribution in [0.3, 0.4) is 0 Å². The van der Waals surface area contributed by atoms with E-state index < -0.39 is 69.3 Å². The molecule has 50 heavy (non-hydrogen) atoms. The number of aliphatic hydroxyl groups is 2. The number of amides is 1. The fourth-order valence-corrected chi connectivity index (χ4v) is 5.60. The van der Waals surface area contributed by atoms with Gasteiger partial charge in [0.15, 0.2) is 11.6 Å². The zero-order valence-electron chi connectivity index (χ0n) is 29.3. The van der Waals surface area contributed by atoms with Gasteiger partial charge in [0.05, 0.1) is 17.8 Å². The molecule has 1 unspecified atom stereocenters. The second-order valence-electron chi connectivity index (χ2n) is 12.8. The van der Waals surface area contributed by atoms with Gasteiger partial charge in [-0.25, -0.2) is 0 Å². The van der Waals surface area contributed by atoms with E-state index in [-0.39, 0.29) is 46.0 Å². The summed E-state index contributed by atoms with van der Waals surface area (Å²) in [5, 5.41) is 34.3. The molecule has 1 amide bonds. The number of Topliss-reactive ketones (excluding diaryl/α,β-unsaturated/α-hetero) is 3. The first-order valence-corrected chi connectivity index (χ1v) is 16.7. The molecule has 0 saturated carbocycles. The Morgan fingerprint density at radius 3 is 2.12 bits per heavy atom. The van der Waals surface area contributed by atoms with E-state index in [1.165, 1.54) is 51.1 Å². The Kier molecular flexibility index (Phi) is 13.7. The Morgan fingerprint density at radius 1 is 0.760 bits per heavy atom. The van der Waals surface area contributed by atoms with Crippen LogP contribution in [0.2, 0.25) is 0 Å². The Labute approximate surface area is 297 Å². The third-order valence-electron chi connectivity index (χ3n) is 8.61. The predicted molar refractivity (Wildman–Crippen MR) is 194 cm³/mol. The number of ketones is 4. The van der Waals surface area contributed by atoms with Crippen LogP contribution in [0.4, 0.5) is 0 Å². The predicted octanol–water partition coefficient (Wildman–Crippen LogP) is 6.50. The number of phenols is 1. The molecule has 10 heteroatoms. The summed E-state index contributed by atoms with van der Waals surface area (Å²) in [5.74, 6) is -4.98. The first-order chi connectivity index (χ1) is 23.5. The number of phenolic OH excluding ortho intramolecular Hbond substituents is 1. The molecule has 1 aromatic rings. The number of hydrogen-bond acceptors (Lipinski definition) is 8. The largest absolute Gasteiger partial charge is 0.507 e. The molecular weight excluding hydrogens is 658 g/mol. The molecule has 2 aliphatic heterocycles. The van der Waals surface area contributed by atoms with Crippen molar-refractivity contribution in [1.29, 1.82) is 0 Å². The van der Waals surface area contributed by atoms with Crippen LogP contribution in [-0.4, -0.2) is 56.6 Å². The molecule has 3 aliphatic rings. The molecule has 2 heterocycles. The van der Waals surface area contributed by atoms with Gasteiger partial charge in [0, 0.05) is 28.5 Å². The van der Waals surface area contributed by atoms with Gasteiger partial charge in [0.25, 0.3) is 5.91 Å². The van der Waals surface area contributed by atoms with E-state index >= 15 is 0 Å². The van der Waals surface area contributed by atoms with Crippen molar-refractivity contribution in [3.8, 4) is 5.75 Å². The third-order valence-corrected chi connectivity index (χ3v) is 8.97. The molecule has 0 aromatic heterocycles. The van der Waals surface area contributed by atoms with Gasteiger partial charge in [-0.15, -0.1) is 0 Å². The minimum absolute atomic E-state index is 0.0866. The maximum atomic E-state index is 13.8. The van der Waals surface area contributed by atoms with Crippen molar-refractivity contribution in [3.05, 3.63) is 123 Å². The zero-order valence-corrected chi connectivity index (χ0v) is 30.0. The van der Waals surface area contributed by atoms with Crippen molar-refractivity contribution >= 4 is 40.6 Å². The molecule has 0 fully saturated rings. The van der Waals surface area contributed by atoms with Gasteiger partial charge in [-0.3, -0.25) is 24.0 Å². The van der Waals surface area contributed by atoms with Crippen molar-refractivity contribution in [2.24, 2.45) is 17.8 Å². The van der Waals surface area contributed by atoms with E-state index in [0.29, 0.717) is 5.57 Å². The van der Waals surface area contributed by atoms with Crippen LogP contribution in [0.15, 0.2) is 100 Å². The summed E-state index contributed by atoms with van der Waals surface area (Å²) in [6.45, 7) is 11.4. The van der Waals surface area contributed by atoms with Crippen molar-refractivity contribution in [2.45, 2.75) is 67.1 Å². The SMILES string of the molecule is C/C1=C/C[C@H](O)/C=C\[C@@H](C)[C@H](O)[C@@H](C)/C=C(\C)C(=O)c2c(O)c(C)cc3c2C(=O)C(Cl)=C(NC(=O)\C(C)=C/C=C/C=C/C(C)/C=C/C1=O)C3=O. The summed E-state index contributed by atoms with van der Waals surface area (Å²) >= 11 is 6.37. The molecule has 0 radical (unpaired) electrons. The maximum absolute atomic E-state index is 13.8. The number of benzene rings is 1. The zero-order chi connectivity index (χ0) is 37.4. The molecule has 4 bridgehead atoms. The lowest BCUT2D eigenvalue weighted by atomic mass is 9.83. The minimum Gasteiger partial charge on any atom is -0.507 e. The van der Waals surface area contributed by atoms with E-state index in [0.717, 1.165) is 0 Å². The highest BCUT2D eigenvalue weighted by atomic mass is 35.5. The lowest BCUT2D eigenvalue weighted by molar-refractivity contribution is -0.116. The van der Waals surface area contributed by atoms with E-state index in [2.05, 4.69) is 5.32 Å². The molecule has 0 spiro atoms. The summed E-state index contributed by atoms with van der Waals surface area (Å²) in [6.07, 6.45) is 16.2. The standard InChI is InChI=1S/C40H44ClNO8/c1-21-11-9-8-10-12-24(4)40(50)42-34-33(41)39(49)31-29(38(34)48)20-27(7)37(47)32(31)36(46)26(6)19-25(5)35(45)23(3)15-17-28(43)16-14-22(2)30(44)18-13-21/h8-15,17-21,23,25,28,35,43,45,47H,16H2,1-7H3,(H,42,50)/b10-8+,11-9+,17-15-,18-13+,22-14-,24-12-,26-19+/t21?,23-,25+,28+,35+/m1/s1. The number of carbonyl (C=O) groups excluding carboxylic acids is 5. The van der Waals surface area contributed by atoms with Gasteiger partial charge in [-0.05, 0) is 68.9 Å². The highest BCUT2D eigenvalue weighted by molar-refractivity contribution is 6.51. The van der Waals surface area contributed by atoms with Crippen LogP contribution in [-0.2, 0) is 9.59 Å². The summed E-state index contributed by atoms with van der Waals surface area (Å²) < 4.78 is 0. The highest BCUT2D eigenvalue weighted by Crippen LogP contribution is 2.37. The number of halogens is 1. The molecule has 4 rings (SSSR count). The van der Waals surface area contributed by atoms with Crippen LogP contribution in [0.25, 0.3) is 0 Å². The third kappa shape index (κ3) is 9.50. The van der Waals surface area contributed by atoms with Crippen LogP contribution in [0.1, 0.15) is 84.6 Å². The van der Waals surface area contributed by atoms with Crippen molar-refractivity contribution in [2.75, 3.05) is 0 Å². The first-order valence-electron chi connectivity index (χ1n) is 16.3. The molecule has 0 saturated heterocycles. The average Bonchev–Trinajstić information content (AvgIpc) is 3.08.